The van der Waals surface area contributed by atoms with Gasteiger partial charge in [0.25, 0.3) is 0 Å². The summed E-state index contributed by atoms with van der Waals surface area (Å²) in [6, 6.07) is 6.41. The topological polar surface area (TPSA) is 72.0 Å². The molecule has 1 aliphatic carbocycles. The number of allylic oxidation sites excluding steroid dienone is 3. The molecule has 0 amide bonds. The Balaban J connectivity index is 1.87. The highest BCUT2D eigenvalue weighted by molar-refractivity contribution is 7.26. The van der Waals surface area contributed by atoms with Gasteiger partial charge in [0.2, 0.25) is 0 Å². The van der Waals surface area contributed by atoms with Gasteiger partial charge in [0.05, 0.1) is 16.8 Å². The van der Waals surface area contributed by atoms with Crippen molar-refractivity contribution in [2.75, 3.05) is 12.3 Å². The quantitative estimate of drug-likeness (QED) is 0.750. The largest absolute Gasteiger partial charge is 0.392 e. The van der Waals surface area contributed by atoms with Crippen molar-refractivity contribution in [2.24, 2.45) is 0 Å². The van der Waals surface area contributed by atoms with Crippen LogP contribution in [0.4, 0.5) is 5.82 Å². The van der Waals surface area contributed by atoms with Crippen molar-refractivity contribution in [2.45, 2.75) is 19.3 Å². The molecule has 0 bridgehead atoms. The zero-order valence-electron chi connectivity index (χ0n) is 12.6. The molecule has 0 saturated heterocycles. The zero-order chi connectivity index (χ0) is 15.8. The van der Waals surface area contributed by atoms with Crippen LogP contribution in [-0.2, 0) is 0 Å². The van der Waals surface area contributed by atoms with E-state index in [0.29, 0.717) is 5.82 Å². The van der Waals surface area contributed by atoms with Crippen molar-refractivity contribution in [3.63, 3.8) is 0 Å². The summed E-state index contributed by atoms with van der Waals surface area (Å²) in [5, 5.41) is 10.6. The Morgan fingerprint density at radius 3 is 3.04 bits per heavy atom. The fraction of sp³-hybridized carbons (Fsp3) is 0.222. The minimum atomic E-state index is 0.134. The Labute approximate surface area is 138 Å². The molecule has 5 heteroatoms. The number of rotatable bonds is 2. The maximum atomic E-state index is 9.46. The van der Waals surface area contributed by atoms with Crippen molar-refractivity contribution < 1.29 is 5.11 Å². The van der Waals surface area contributed by atoms with Crippen molar-refractivity contribution in [1.82, 2.24) is 9.97 Å². The smallest absolute Gasteiger partial charge is 0.144 e. The average molecular weight is 323 g/mol. The second-order valence-electron chi connectivity index (χ2n) is 5.76. The number of benzene rings is 1. The molecule has 0 aliphatic heterocycles. The van der Waals surface area contributed by atoms with E-state index in [0.717, 1.165) is 45.1 Å². The van der Waals surface area contributed by atoms with Crippen LogP contribution in [0.3, 0.4) is 0 Å². The third-order valence-electron chi connectivity index (χ3n) is 4.24. The number of aromatic nitrogens is 2. The number of thiophene rings is 1. The van der Waals surface area contributed by atoms with Crippen molar-refractivity contribution >= 4 is 43.0 Å². The first-order valence-corrected chi connectivity index (χ1v) is 8.51. The average Bonchev–Trinajstić information content (AvgIpc) is 2.78. The summed E-state index contributed by atoms with van der Waals surface area (Å²) in [6.07, 6.45) is 8.99. The van der Waals surface area contributed by atoms with Crippen LogP contribution in [0, 0.1) is 0 Å². The molecule has 0 unspecified atom stereocenters. The van der Waals surface area contributed by atoms with Crippen LogP contribution >= 0.6 is 11.3 Å². The van der Waals surface area contributed by atoms with Crippen molar-refractivity contribution in [3.05, 3.63) is 47.8 Å². The van der Waals surface area contributed by atoms with E-state index < -0.39 is 0 Å². The van der Waals surface area contributed by atoms with E-state index in [1.165, 1.54) is 17.5 Å². The van der Waals surface area contributed by atoms with Gasteiger partial charge in [0.1, 0.15) is 12.1 Å². The van der Waals surface area contributed by atoms with Gasteiger partial charge in [-0.15, -0.1) is 11.3 Å². The summed E-state index contributed by atoms with van der Waals surface area (Å²) in [7, 11) is 0. The lowest BCUT2D eigenvalue weighted by molar-refractivity contribution is 0.326. The fourth-order valence-corrected chi connectivity index (χ4v) is 4.13. The second-order valence-corrected chi connectivity index (χ2v) is 6.81. The van der Waals surface area contributed by atoms with Crippen LogP contribution in [0.15, 0.2) is 42.3 Å². The monoisotopic (exact) mass is 323 g/mol. The van der Waals surface area contributed by atoms with E-state index in [1.807, 2.05) is 0 Å². The molecule has 3 N–H and O–H groups in total. The first-order valence-electron chi connectivity index (χ1n) is 7.70. The predicted octanol–water partition coefficient (Wildman–Crippen LogP) is 3.91. The Kier molecular flexibility index (Phi) is 3.59. The number of hydrogen-bond acceptors (Lipinski definition) is 5. The standard InChI is InChI=1S/C18H17N3OS/c19-18-17-16(20-10-21-18)14-6-5-13(8-15(14)23-17)12-4-2-1-3-11(7-12)9-22/h4-8,10,22H,1-3,9H2,(H2,19,20,21). The predicted molar refractivity (Wildman–Crippen MR) is 96.3 cm³/mol. The molecule has 0 fully saturated rings. The van der Waals surface area contributed by atoms with E-state index in [2.05, 4.69) is 40.3 Å². The van der Waals surface area contributed by atoms with Gasteiger partial charge in [0.15, 0.2) is 0 Å². The van der Waals surface area contributed by atoms with E-state index in [9.17, 15) is 5.11 Å². The summed E-state index contributed by atoms with van der Waals surface area (Å²) in [5.74, 6) is 0.536. The van der Waals surface area contributed by atoms with E-state index in [4.69, 9.17) is 5.73 Å². The minimum absolute atomic E-state index is 0.134. The van der Waals surface area contributed by atoms with E-state index in [-0.39, 0.29) is 6.61 Å². The van der Waals surface area contributed by atoms with Crippen molar-refractivity contribution in [1.29, 1.82) is 0 Å². The molecule has 0 radical (unpaired) electrons. The molecule has 0 atom stereocenters. The normalized spacial score (nSPS) is 15.5. The number of aliphatic hydroxyl groups excluding tert-OH is 1. The molecule has 23 heavy (non-hydrogen) atoms. The SMILES string of the molecule is Nc1ncnc2c1sc1cc(C3=CCCCC(CO)=C3)ccc12. The van der Waals surface area contributed by atoms with Crippen LogP contribution < -0.4 is 5.73 Å². The summed E-state index contributed by atoms with van der Waals surface area (Å²) in [6.45, 7) is 0.134. The van der Waals surface area contributed by atoms with Gasteiger partial charge in [-0.3, -0.25) is 0 Å². The Hall–Kier alpha value is -2.24. The first kappa shape index (κ1) is 14.4. The number of anilines is 1. The van der Waals surface area contributed by atoms with Crippen LogP contribution in [0.25, 0.3) is 25.9 Å². The molecule has 1 aliphatic rings. The molecule has 2 heterocycles. The first-order chi connectivity index (χ1) is 11.3. The molecule has 1 aromatic carbocycles. The molecule has 3 aromatic rings. The molecule has 0 spiro atoms. The lowest BCUT2D eigenvalue weighted by Gasteiger charge is -2.04. The number of fused-ring (bicyclic) bond motifs is 3. The molecule has 2 aromatic heterocycles. The van der Waals surface area contributed by atoms with Gasteiger partial charge in [-0.1, -0.05) is 24.3 Å². The molecule has 0 saturated carbocycles. The third-order valence-corrected chi connectivity index (χ3v) is 5.41. The van der Waals surface area contributed by atoms with Gasteiger partial charge in [-0.2, -0.15) is 0 Å². The second kappa shape index (κ2) is 5.76. The summed E-state index contributed by atoms with van der Waals surface area (Å²) in [5.41, 5.74) is 10.3. The van der Waals surface area contributed by atoms with Crippen LogP contribution in [0.2, 0.25) is 0 Å². The maximum absolute atomic E-state index is 9.46. The van der Waals surface area contributed by atoms with Gasteiger partial charge in [-0.05, 0) is 42.0 Å². The molecular weight excluding hydrogens is 306 g/mol. The van der Waals surface area contributed by atoms with E-state index >= 15 is 0 Å². The summed E-state index contributed by atoms with van der Waals surface area (Å²) in [4.78, 5) is 8.45. The number of hydrogen-bond donors (Lipinski definition) is 2. The Morgan fingerprint density at radius 2 is 2.17 bits per heavy atom. The minimum Gasteiger partial charge on any atom is -0.392 e. The molecule has 4 rings (SSSR count). The van der Waals surface area contributed by atoms with Gasteiger partial charge >= 0.3 is 0 Å². The summed E-state index contributed by atoms with van der Waals surface area (Å²) < 4.78 is 2.11. The maximum Gasteiger partial charge on any atom is 0.144 e. The van der Waals surface area contributed by atoms with E-state index in [1.54, 1.807) is 11.3 Å². The molecular formula is C18H17N3OS. The van der Waals surface area contributed by atoms with Crippen LogP contribution in [0.5, 0.6) is 0 Å². The molecule has 116 valence electrons. The Morgan fingerprint density at radius 1 is 1.26 bits per heavy atom. The number of nitrogens with zero attached hydrogens (tertiary/aromatic N) is 2. The fourth-order valence-electron chi connectivity index (χ4n) is 3.04. The lowest BCUT2D eigenvalue weighted by atomic mass is 10.0. The highest BCUT2D eigenvalue weighted by atomic mass is 32.1. The lowest BCUT2D eigenvalue weighted by Crippen LogP contribution is -1.90. The number of nitrogens with two attached hydrogens (primary N) is 1. The Bertz CT molecular complexity index is 955. The van der Waals surface area contributed by atoms with Gasteiger partial charge < -0.3 is 10.8 Å². The van der Waals surface area contributed by atoms with Crippen molar-refractivity contribution in [3.8, 4) is 0 Å². The third kappa shape index (κ3) is 2.52. The number of aliphatic hydroxyl groups is 1. The highest BCUT2D eigenvalue weighted by Crippen LogP contribution is 2.36. The molecule has 4 nitrogen and oxygen atoms in total. The van der Waals surface area contributed by atoms with Crippen LogP contribution in [0.1, 0.15) is 24.8 Å². The zero-order valence-corrected chi connectivity index (χ0v) is 13.4. The highest BCUT2D eigenvalue weighted by Gasteiger charge is 2.12. The van der Waals surface area contributed by atoms with Gasteiger partial charge in [-0.25, -0.2) is 9.97 Å². The van der Waals surface area contributed by atoms with Crippen LogP contribution in [-0.4, -0.2) is 21.7 Å². The number of nitrogen functional groups attached to an aromatic ring is 1. The van der Waals surface area contributed by atoms with Gasteiger partial charge in [0, 0.05) is 10.1 Å². The summed E-state index contributed by atoms with van der Waals surface area (Å²) >= 11 is 1.63.